The molecule has 6 nitrogen and oxygen atoms in total. The molecule has 20 heavy (non-hydrogen) atoms. The van der Waals surface area contributed by atoms with Crippen molar-refractivity contribution in [3.8, 4) is 11.5 Å². The van der Waals surface area contributed by atoms with E-state index in [1.165, 1.54) is 12.1 Å². The molecule has 1 saturated heterocycles. The van der Waals surface area contributed by atoms with E-state index < -0.39 is 5.41 Å². The van der Waals surface area contributed by atoms with Gasteiger partial charge in [0.1, 0.15) is 11.5 Å². The highest BCUT2D eigenvalue weighted by Crippen LogP contribution is 2.31. The van der Waals surface area contributed by atoms with E-state index in [0.717, 1.165) is 6.07 Å². The number of carbonyl (C=O) groups excluding carboxylic acids is 2. The highest BCUT2D eigenvalue weighted by Gasteiger charge is 2.41. The third-order valence-corrected chi connectivity index (χ3v) is 3.69. The monoisotopic (exact) mass is 278 g/mol. The first-order chi connectivity index (χ1) is 9.35. The summed E-state index contributed by atoms with van der Waals surface area (Å²) in [6.45, 7) is 2.61. The topological polar surface area (TPSA) is 89.9 Å². The molecule has 1 unspecified atom stereocenters. The first kappa shape index (κ1) is 14.2. The minimum Gasteiger partial charge on any atom is -0.508 e. The first-order valence-electron chi connectivity index (χ1n) is 6.40. The third-order valence-electron chi connectivity index (χ3n) is 3.69. The van der Waals surface area contributed by atoms with Crippen molar-refractivity contribution in [2.75, 3.05) is 20.1 Å². The van der Waals surface area contributed by atoms with Crippen LogP contribution in [0.25, 0.3) is 0 Å². The van der Waals surface area contributed by atoms with Crippen LogP contribution < -0.4 is 5.32 Å². The van der Waals surface area contributed by atoms with Gasteiger partial charge in [0.15, 0.2) is 0 Å². The molecule has 108 valence electrons. The maximum absolute atomic E-state index is 12.3. The predicted molar refractivity (Wildman–Crippen MR) is 72.5 cm³/mol. The van der Waals surface area contributed by atoms with Crippen molar-refractivity contribution in [1.82, 2.24) is 10.2 Å². The van der Waals surface area contributed by atoms with Crippen molar-refractivity contribution in [2.45, 2.75) is 13.3 Å². The normalized spacial score (nSPS) is 21.8. The standard InChI is InChI=1S/C14H18N2O4/c1-14(13(20)15-2)3-4-16(8-14)12(19)9-5-10(17)7-11(18)6-9/h5-7,17-18H,3-4,8H2,1-2H3,(H,15,20). The van der Waals surface area contributed by atoms with Gasteiger partial charge in [0.25, 0.3) is 5.91 Å². The summed E-state index contributed by atoms with van der Waals surface area (Å²) >= 11 is 0. The fraction of sp³-hybridized carbons (Fsp3) is 0.429. The van der Waals surface area contributed by atoms with Gasteiger partial charge in [-0.1, -0.05) is 0 Å². The lowest BCUT2D eigenvalue weighted by molar-refractivity contribution is -0.128. The van der Waals surface area contributed by atoms with Gasteiger partial charge < -0.3 is 20.4 Å². The first-order valence-corrected chi connectivity index (χ1v) is 6.40. The molecular weight excluding hydrogens is 260 g/mol. The molecule has 1 aromatic carbocycles. The molecule has 0 radical (unpaired) electrons. The number of amides is 2. The Bertz CT molecular complexity index is 538. The van der Waals surface area contributed by atoms with Crippen LogP contribution in [0.15, 0.2) is 18.2 Å². The van der Waals surface area contributed by atoms with Crippen LogP contribution in [0.5, 0.6) is 11.5 Å². The second kappa shape index (κ2) is 5.03. The van der Waals surface area contributed by atoms with Crippen LogP contribution in [0.1, 0.15) is 23.7 Å². The van der Waals surface area contributed by atoms with Gasteiger partial charge in [-0.05, 0) is 25.5 Å². The van der Waals surface area contributed by atoms with Gasteiger partial charge in [0.2, 0.25) is 5.91 Å². The van der Waals surface area contributed by atoms with Crippen LogP contribution >= 0.6 is 0 Å². The molecule has 2 amide bonds. The van der Waals surface area contributed by atoms with Gasteiger partial charge in [-0.2, -0.15) is 0 Å². The average molecular weight is 278 g/mol. The molecule has 1 fully saturated rings. The van der Waals surface area contributed by atoms with Crippen molar-refractivity contribution in [1.29, 1.82) is 0 Å². The molecule has 0 saturated carbocycles. The predicted octanol–water partition coefficient (Wildman–Crippen LogP) is 0.696. The Morgan fingerprint density at radius 2 is 1.85 bits per heavy atom. The molecular formula is C14H18N2O4. The number of hydrogen-bond donors (Lipinski definition) is 3. The van der Waals surface area contributed by atoms with Gasteiger partial charge in [0, 0.05) is 31.8 Å². The number of aromatic hydroxyl groups is 2. The molecule has 0 bridgehead atoms. The fourth-order valence-electron chi connectivity index (χ4n) is 2.52. The summed E-state index contributed by atoms with van der Waals surface area (Å²) in [7, 11) is 1.57. The second-order valence-corrected chi connectivity index (χ2v) is 5.35. The summed E-state index contributed by atoms with van der Waals surface area (Å²) in [6.07, 6.45) is 0.587. The van der Waals surface area contributed by atoms with Crippen molar-refractivity contribution in [2.24, 2.45) is 5.41 Å². The maximum Gasteiger partial charge on any atom is 0.254 e. The zero-order valence-electron chi connectivity index (χ0n) is 11.5. The van der Waals surface area contributed by atoms with Crippen LogP contribution in [-0.4, -0.2) is 47.1 Å². The highest BCUT2D eigenvalue weighted by molar-refractivity contribution is 5.96. The lowest BCUT2D eigenvalue weighted by atomic mass is 9.89. The largest absolute Gasteiger partial charge is 0.508 e. The van der Waals surface area contributed by atoms with E-state index in [9.17, 15) is 19.8 Å². The van der Waals surface area contributed by atoms with E-state index >= 15 is 0 Å². The van der Waals surface area contributed by atoms with Crippen LogP contribution in [0.3, 0.4) is 0 Å². The number of benzene rings is 1. The van der Waals surface area contributed by atoms with E-state index in [4.69, 9.17) is 0 Å². The molecule has 1 aliphatic rings. The zero-order valence-corrected chi connectivity index (χ0v) is 11.5. The van der Waals surface area contributed by atoms with E-state index in [2.05, 4.69) is 5.32 Å². The molecule has 2 rings (SSSR count). The Morgan fingerprint density at radius 3 is 2.40 bits per heavy atom. The van der Waals surface area contributed by atoms with Crippen LogP contribution in [-0.2, 0) is 4.79 Å². The number of phenols is 2. The van der Waals surface area contributed by atoms with Gasteiger partial charge in [-0.3, -0.25) is 9.59 Å². The Balaban J connectivity index is 2.17. The molecule has 1 atom stereocenters. The molecule has 0 spiro atoms. The van der Waals surface area contributed by atoms with Crippen LogP contribution in [0.4, 0.5) is 0 Å². The van der Waals surface area contributed by atoms with Crippen molar-refractivity contribution in [3.63, 3.8) is 0 Å². The Morgan fingerprint density at radius 1 is 1.25 bits per heavy atom. The maximum atomic E-state index is 12.3. The van der Waals surface area contributed by atoms with Gasteiger partial charge >= 0.3 is 0 Å². The Kier molecular flexibility index (Phi) is 3.57. The smallest absolute Gasteiger partial charge is 0.254 e. The van der Waals surface area contributed by atoms with Crippen LogP contribution in [0, 0.1) is 5.41 Å². The van der Waals surface area contributed by atoms with Gasteiger partial charge in [-0.15, -0.1) is 0 Å². The number of carbonyl (C=O) groups is 2. The number of nitrogens with zero attached hydrogens (tertiary/aromatic N) is 1. The minimum absolute atomic E-state index is 0.0912. The summed E-state index contributed by atoms with van der Waals surface area (Å²) in [5, 5.41) is 21.4. The average Bonchev–Trinajstić information content (AvgIpc) is 2.79. The summed E-state index contributed by atoms with van der Waals surface area (Å²) in [6, 6.07) is 3.77. The number of likely N-dealkylation sites (tertiary alicyclic amines) is 1. The zero-order chi connectivity index (χ0) is 14.9. The summed E-state index contributed by atoms with van der Waals surface area (Å²) in [4.78, 5) is 25.7. The van der Waals surface area contributed by atoms with Gasteiger partial charge in [0.05, 0.1) is 5.41 Å². The SMILES string of the molecule is CNC(=O)C1(C)CCN(C(=O)c2cc(O)cc(O)c2)C1. The number of phenolic OH excluding ortho intramolecular Hbond substituents is 2. The lowest BCUT2D eigenvalue weighted by Gasteiger charge is -2.22. The lowest BCUT2D eigenvalue weighted by Crippen LogP contribution is -2.40. The quantitative estimate of drug-likeness (QED) is 0.742. The molecule has 0 aromatic heterocycles. The van der Waals surface area contributed by atoms with E-state index in [1.807, 2.05) is 6.92 Å². The van der Waals surface area contributed by atoms with E-state index in [1.54, 1.807) is 11.9 Å². The number of rotatable bonds is 2. The third kappa shape index (κ3) is 2.54. The van der Waals surface area contributed by atoms with Crippen molar-refractivity contribution < 1.29 is 19.8 Å². The van der Waals surface area contributed by atoms with Gasteiger partial charge in [-0.25, -0.2) is 0 Å². The number of hydrogen-bond acceptors (Lipinski definition) is 4. The summed E-state index contributed by atoms with van der Waals surface area (Å²) in [5.74, 6) is -0.724. The summed E-state index contributed by atoms with van der Waals surface area (Å²) in [5.41, 5.74) is -0.382. The summed E-state index contributed by atoms with van der Waals surface area (Å²) < 4.78 is 0. The molecule has 3 N–H and O–H groups in total. The molecule has 6 heteroatoms. The highest BCUT2D eigenvalue weighted by atomic mass is 16.3. The van der Waals surface area contributed by atoms with Crippen LogP contribution in [0.2, 0.25) is 0 Å². The molecule has 0 aliphatic carbocycles. The number of nitrogens with one attached hydrogen (secondary N) is 1. The minimum atomic E-state index is -0.594. The Labute approximate surface area is 117 Å². The van der Waals surface area contributed by atoms with Crippen molar-refractivity contribution in [3.05, 3.63) is 23.8 Å². The second-order valence-electron chi connectivity index (χ2n) is 5.35. The van der Waals surface area contributed by atoms with E-state index in [-0.39, 0.29) is 28.9 Å². The Hall–Kier alpha value is -2.24. The molecule has 1 aliphatic heterocycles. The fourth-order valence-corrected chi connectivity index (χ4v) is 2.52. The molecule has 1 aromatic rings. The van der Waals surface area contributed by atoms with Crippen molar-refractivity contribution >= 4 is 11.8 Å². The molecule has 1 heterocycles. The van der Waals surface area contributed by atoms with E-state index in [0.29, 0.717) is 19.5 Å².